The first-order chi connectivity index (χ1) is 11.8. The van der Waals surface area contributed by atoms with E-state index < -0.39 is 10.0 Å². The highest BCUT2D eigenvalue weighted by Gasteiger charge is 2.20. The number of anilines is 2. The van der Waals surface area contributed by atoms with Gasteiger partial charge in [0.15, 0.2) is 0 Å². The van der Waals surface area contributed by atoms with E-state index in [2.05, 4.69) is 5.32 Å². The first kappa shape index (κ1) is 18.8. The van der Waals surface area contributed by atoms with Crippen LogP contribution in [0.4, 0.5) is 11.4 Å². The van der Waals surface area contributed by atoms with Crippen molar-refractivity contribution in [2.75, 3.05) is 22.4 Å². The van der Waals surface area contributed by atoms with Gasteiger partial charge in [0.1, 0.15) is 0 Å². The lowest BCUT2D eigenvalue weighted by molar-refractivity contribution is -0.116. The summed E-state index contributed by atoms with van der Waals surface area (Å²) < 4.78 is 25.2. The molecule has 130 valence electrons. The van der Waals surface area contributed by atoms with Gasteiger partial charge >= 0.3 is 0 Å². The fraction of sp³-hybridized carbons (Fsp3) is 0.176. The Kier molecular flexibility index (Phi) is 6.02. The summed E-state index contributed by atoms with van der Waals surface area (Å²) in [5.74, 6) is -0.365. The van der Waals surface area contributed by atoms with Crippen molar-refractivity contribution in [1.82, 2.24) is 0 Å². The van der Waals surface area contributed by atoms with Gasteiger partial charge in [0, 0.05) is 18.7 Å². The molecule has 2 aromatic rings. The molecule has 0 saturated carbocycles. The molecule has 0 radical (unpaired) electrons. The largest absolute Gasteiger partial charge is 0.326 e. The zero-order chi connectivity index (χ0) is 18.4. The van der Waals surface area contributed by atoms with Crippen LogP contribution in [-0.4, -0.2) is 27.1 Å². The van der Waals surface area contributed by atoms with Gasteiger partial charge in [-0.15, -0.1) is 0 Å². The van der Waals surface area contributed by atoms with Crippen molar-refractivity contribution < 1.29 is 13.2 Å². The average Bonchev–Trinajstić information content (AvgIpc) is 2.55. The highest BCUT2D eigenvalue weighted by molar-refractivity contribution is 7.92. The zero-order valence-electron chi connectivity index (χ0n) is 13.4. The second kappa shape index (κ2) is 8.01. The lowest BCUT2D eigenvalue weighted by atomic mass is 10.2. The highest BCUT2D eigenvalue weighted by Crippen LogP contribution is 2.27. The molecule has 0 aliphatic carbocycles. The number of rotatable bonds is 6. The first-order valence-electron chi connectivity index (χ1n) is 7.33. The summed E-state index contributed by atoms with van der Waals surface area (Å²) in [6, 6.07) is 15.0. The summed E-state index contributed by atoms with van der Waals surface area (Å²) in [6.45, 7) is -0.0493. The Morgan fingerprint density at radius 1 is 1.24 bits per heavy atom. The van der Waals surface area contributed by atoms with Crippen LogP contribution in [0.1, 0.15) is 12.0 Å². The monoisotopic (exact) mass is 377 g/mol. The van der Waals surface area contributed by atoms with E-state index in [9.17, 15) is 13.2 Å². The van der Waals surface area contributed by atoms with Crippen molar-refractivity contribution in [3.63, 3.8) is 0 Å². The summed E-state index contributed by atoms with van der Waals surface area (Å²) in [7, 11) is -3.59. The van der Waals surface area contributed by atoms with Gasteiger partial charge in [-0.1, -0.05) is 29.8 Å². The summed E-state index contributed by atoms with van der Waals surface area (Å²) >= 11 is 6.07. The molecule has 0 aliphatic rings. The predicted molar refractivity (Wildman–Crippen MR) is 98.0 cm³/mol. The Bertz CT molecular complexity index is 923. The van der Waals surface area contributed by atoms with Gasteiger partial charge in [0.25, 0.3) is 0 Å². The van der Waals surface area contributed by atoms with E-state index in [-0.39, 0.29) is 23.9 Å². The summed E-state index contributed by atoms with van der Waals surface area (Å²) in [5.41, 5.74) is 1.23. The molecule has 1 N–H and O–H groups in total. The van der Waals surface area contributed by atoms with Crippen LogP contribution < -0.4 is 9.62 Å². The quantitative estimate of drug-likeness (QED) is 0.837. The van der Waals surface area contributed by atoms with E-state index in [0.29, 0.717) is 16.9 Å². The number of nitriles is 1. The van der Waals surface area contributed by atoms with Crippen molar-refractivity contribution in [3.8, 4) is 6.07 Å². The van der Waals surface area contributed by atoms with Crippen molar-refractivity contribution in [2.45, 2.75) is 6.42 Å². The van der Waals surface area contributed by atoms with E-state index in [0.717, 1.165) is 10.6 Å². The Morgan fingerprint density at radius 3 is 2.60 bits per heavy atom. The van der Waals surface area contributed by atoms with E-state index >= 15 is 0 Å². The van der Waals surface area contributed by atoms with Crippen molar-refractivity contribution in [2.24, 2.45) is 0 Å². The maximum atomic E-state index is 12.1. The van der Waals surface area contributed by atoms with E-state index in [1.54, 1.807) is 48.5 Å². The Hall–Kier alpha value is -2.56. The van der Waals surface area contributed by atoms with E-state index in [4.69, 9.17) is 16.9 Å². The molecule has 0 heterocycles. The third-order valence-electron chi connectivity index (χ3n) is 3.34. The Morgan fingerprint density at radius 2 is 1.96 bits per heavy atom. The number of amides is 1. The van der Waals surface area contributed by atoms with Gasteiger partial charge in [0.2, 0.25) is 15.9 Å². The van der Waals surface area contributed by atoms with Gasteiger partial charge in [-0.05, 0) is 30.3 Å². The second-order valence-corrected chi connectivity index (χ2v) is 7.59. The third kappa shape index (κ3) is 5.21. The normalized spacial score (nSPS) is 10.8. The van der Waals surface area contributed by atoms with Crippen LogP contribution >= 0.6 is 11.6 Å². The zero-order valence-corrected chi connectivity index (χ0v) is 15.0. The number of nitrogens with one attached hydrogen (secondary N) is 1. The molecule has 0 saturated heterocycles. The first-order valence-corrected chi connectivity index (χ1v) is 9.56. The molecule has 6 nitrogen and oxygen atoms in total. The topological polar surface area (TPSA) is 90.3 Å². The standard InChI is InChI=1S/C17H16ClN3O3S/c1-25(23,24)21(16-8-3-2-7-15(16)18)10-9-17(22)20-14-6-4-5-13(11-14)12-19/h2-8,11H,9-10H2,1H3,(H,20,22). The summed E-state index contributed by atoms with van der Waals surface area (Å²) in [6.07, 6.45) is 1.000. The van der Waals surface area contributed by atoms with Crippen LogP contribution in [0.25, 0.3) is 0 Å². The maximum absolute atomic E-state index is 12.1. The number of hydrogen-bond donors (Lipinski definition) is 1. The third-order valence-corrected chi connectivity index (χ3v) is 4.84. The molecule has 1 amide bonds. The minimum atomic E-state index is -3.59. The van der Waals surface area contributed by atoms with Gasteiger partial charge in [0.05, 0.1) is 28.6 Å². The van der Waals surface area contributed by atoms with Crippen LogP contribution in [0.5, 0.6) is 0 Å². The molecule has 2 aromatic carbocycles. The van der Waals surface area contributed by atoms with Crippen LogP contribution in [0.3, 0.4) is 0 Å². The predicted octanol–water partition coefficient (Wildman–Crippen LogP) is 3.01. The van der Waals surface area contributed by atoms with E-state index in [1.807, 2.05) is 6.07 Å². The fourth-order valence-electron chi connectivity index (χ4n) is 2.21. The molecule has 0 fully saturated rings. The highest BCUT2D eigenvalue weighted by atomic mass is 35.5. The molecule has 0 aliphatic heterocycles. The molecule has 0 aromatic heterocycles. The molecule has 2 rings (SSSR count). The van der Waals surface area contributed by atoms with Gasteiger partial charge in [-0.25, -0.2) is 8.42 Å². The lowest BCUT2D eigenvalue weighted by Crippen LogP contribution is -2.33. The number of halogens is 1. The number of carbonyl (C=O) groups excluding carboxylic acids is 1. The lowest BCUT2D eigenvalue weighted by Gasteiger charge is -2.23. The molecule has 0 bridgehead atoms. The maximum Gasteiger partial charge on any atom is 0.232 e. The minimum Gasteiger partial charge on any atom is -0.326 e. The smallest absolute Gasteiger partial charge is 0.232 e. The molecular weight excluding hydrogens is 362 g/mol. The number of hydrogen-bond acceptors (Lipinski definition) is 4. The van der Waals surface area contributed by atoms with Crippen LogP contribution in [0.2, 0.25) is 5.02 Å². The fourth-order valence-corrected chi connectivity index (χ4v) is 3.44. The second-order valence-electron chi connectivity index (χ2n) is 5.28. The number of nitrogens with zero attached hydrogens (tertiary/aromatic N) is 2. The van der Waals surface area contributed by atoms with Crippen molar-refractivity contribution in [3.05, 3.63) is 59.1 Å². The Balaban J connectivity index is 2.09. The summed E-state index contributed by atoms with van der Waals surface area (Å²) in [4.78, 5) is 12.1. The van der Waals surface area contributed by atoms with Crippen LogP contribution in [0, 0.1) is 11.3 Å². The number of benzene rings is 2. The molecule has 0 atom stereocenters. The van der Waals surface area contributed by atoms with Gasteiger partial charge < -0.3 is 5.32 Å². The number of carbonyl (C=O) groups is 1. The summed E-state index contributed by atoms with van der Waals surface area (Å²) in [5, 5.41) is 11.8. The number of sulfonamides is 1. The molecule has 8 heteroatoms. The molecular formula is C17H16ClN3O3S. The number of para-hydroxylation sites is 1. The minimum absolute atomic E-state index is 0.0493. The van der Waals surface area contributed by atoms with Crippen LogP contribution in [0.15, 0.2) is 48.5 Å². The van der Waals surface area contributed by atoms with Crippen LogP contribution in [-0.2, 0) is 14.8 Å². The SMILES string of the molecule is CS(=O)(=O)N(CCC(=O)Nc1cccc(C#N)c1)c1ccccc1Cl. The van der Waals surface area contributed by atoms with E-state index in [1.165, 1.54) is 0 Å². The average molecular weight is 378 g/mol. The van der Waals surface area contributed by atoms with Crippen molar-refractivity contribution >= 4 is 38.9 Å². The molecule has 25 heavy (non-hydrogen) atoms. The Labute approximate surface area is 151 Å². The van der Waals surface area contributed by atoms with Gasteiger partial charge in [-0.3, -0.25) is 9.10 Å². The molecule has 0 unspecified atom stereocenters. The molecule has 0 spiro atoms. The van der Waals surface area contributed by atoms with Crippen molar-refractivity contribution in [1.29, 1.82) is 5.26 Å². The van der Waals surface area contributed by atoms with Gasteiger partial charge in [-0.2, -0.15) is 5.26 Å².